The molecule has 156 valence electrons. The van der Waals surface area contributed by atoms with E-state index in [0.717, 1.165) is 23.3 Å². The van der Waals surface area contributed by atoms with E-state index in [-0.39, 0.29) is 29.4 Å². The number of anilines is 1. The van der Waals surface area contributed by atoms with Gasteiger partial charge in [-0.15, -0.1) is 10.2 Å². The van der Waals surface area contributed by atoms with E-state index < -0.39 is 23.8 Å². The van der Waals surface area contributed by atoms with Gasteiger partial charge in [-0.25, -0.2) is 4.39 Å². The van der Waals surface area contributed by atoms with Crippen LogP contribution in [0.5, 0.6) is 0 Å². The van der Waals surface area contributed by atoms with Crippen LogP contribution in [0.4, 0.5) is 10.1 Å². The molecular formula is C21H19ClFN3O4. The van der Waals surface area contributed by atoms with Crippen molar-refractivity contribution in [3.05, 3.63) is 64.8 Å². The minimum Gasteiger partial charge on any atom is -0.453 e. The van der Waals surface area contributed by atoms with Gasteiger partial charge in [-0.1, -0.05) is 29.3 Å². The van der Waals surface area contributed by atoms with Gasteiger partial charge >= 0.3 is 5.97 Å². The second-order valence-corrected chi connectivity index (χ2v) is 7.02. The number of carbonyl (C=O) groups is 2. The zero-order valence-corrected chi connectivity index (χ0v) is 17.1. The van der Waals surface area contributed by atoms with E-state index in [1.54, 1.807) is 0 Å². The highest BCUT2D eigenvalue weighted by molar-refractivity contribution is 6.33. The van der Waals surface area contributed by atoms with Crippen molar-refractivity contribution in [3.8, 4) is 11.5 Å². The number of aromatic nitrogens is 2. The Bertz CT molecular complexity index is 1050. The first-order valence-electron chi connectivity index (χ1n) is 9.16. The normalized spacial score (nSPS) is 11.7. The molecule has 0 spiro atoms. The zero-order chi connectivity index (χ0) is 21.7. The molecule has 0 saturated carbocycles. The van der Waals surface area contributed by atoms with Crippen molar-refractivity contribution < 1.29 is 23.1 Å². The van der Waals surface area contributed by atoms with Crippen molar-refractivity contribution >= 4 is 29.2 Å². The summed E-state index contributed by atoms with van der Waals surface area (Å²) in [7, 11) is 0. The molecule has 7 nitrogen and oxygen atoms in total. The topological polar surface area (TPSA) is 94.3 Å². The average molecular weight is 432 g/mol. The van der Waals surface area contributed by atoms with Crippen LogP contribution in [-0.2, 0) is 20.7 Å². The van der Waals surface area contributed by atoms with Gasteiger partial charge in [0.15, 0.2) is 6.10 Å². The number of benzene rings is 2. The van der Waals surface area contributed by atoms with E-state index in [1.165, 1.54) is 13.0 Å². The molecule has 0 radical (unpaired) electrons. The highest BCUT2D eigenvalue weighted by Gasteiger charge is 2.20. The number of halogens is 2. The van der Waals surface area contributed by atoms with Crippen molar-refractivity contribution in [1.29, 1.82) is 0 Å². The predicted octanol–water partition coefficient (Wildman–Crippen LogP) is 4.34. The van der Waals surface area contributed by atoms with Gasteiger partial charge < -0.3 is 14.5 Å². The van der Waals surface area contributed by atoms with E-state index >= 15 is 0 Å². The Kier molecular flexibility index (Phi) is 6.79. The third-order valence-corrected chi connectivity index (χ3v) is 4.49. The Hall–Kier alpha value is -3.26. The van der Waals surface area contributed by atoms with Gasteiger partial charge in [0.1, 0.15) is 5.82 Å². The summed E-state index contributed by atoms with van der Waals surface area (Å²) in [5.74, 6) is -1.06. The van der Waals surface area contributed by atoms with Crippen LogP contribution in [0.15, 0.2) is 46.9 Å². The quantitative estimate of drug-likeness (QED) is 0.559. The van der Waals surface area contributed by atoms with E-state index in [2.05, 4.69) is 15.5 Å². The lowest BCUT2D eigenvalue weighted by molar-refractivity contribution is -0.153. The Morgan fingerprint density at radius 1 is 1.20 bits per heavy atom. The van der Waals surface area contributed by atoms with Gasteiger partial charge in [0.25, 0.3) is 5.91 Å². The van der Waals surface area contributed by atoms with E-state index in [1.807, 2.05) is 31.2 Å². The summed E-state index contributed by atoms with van der Waals surface area (Å²) in [5.41, 5.74) is 2.12. The third-order valence-electron chi connectivity index (χ3n) is 4.17. The molecule has 1 atom stereocenters. The molecule has 1 N–H and O–H groups in total. The van der Waals surface area contributed by atoms with E-state index in [9.17, 15) is 14.0 Å². The maximum atomic E-state index is 13.1. The molecule has 0 aliphatic heterocycles. The number of aryl methyl sites for hydroxylation is 2. The first-order valence-corrected chi connectivity index (χ1v) is 9.54. The lowest BCUT2D eigenvalue weighted by atomic mass is 10.1. The minimum absolute atomic E-state index is 0.0372. The first kappa shape index (κ1) is 21.4. The van der Waals surface area contributed by atoms with Gasteiger partial charge in [-0.2, -0.15) is 0 Å². The summed E-state index contributed by atoms with van der Waals surface area (Å²) >= 11 is 5.87. The Labute approximate surface area is 177 Å². The minimum atomic E-state index is -1.07. The largest absolute Gasteiger partial charge is 0.453 e. The highest BCUT2D eigenvalue weighted by atomic mass is 35.5. The van der Waals surface area contributed by atoms with E-state index in [4.69, 9.17) is 20.8 Å². The van der Waals surface area contributed by atoms with Crippen molar-refractivity contribution in [2.45, 2.75) is 32.8 Å². The molecule has 1 unspecified atom stereocenters. The number of carbonyl (C=O) groups excluding carboxylic acids is 2. The molecule has 0 fully saturated rings. The molecule has 1 heterocycles. The van der Waals surface area contributed by atoms with Crippen LogP contribution in [0.1, 0.15) is 24.8 Å². The lowest BCUT2D eigenvalue weighted by Gasteiger charge is -2.14. The lowest BCUT2D eigenvalue weighted by Crippen LogP contribution is -2.30. The molecule has 2 aromatic carbocycles. The number of ether oxygens (including phenoxy) is 1. The monoisotopic (exact) mass is 431 g/mol. The average Bonchev–Trinajstić information content (AvgIpc) is 3.18. The summed E-state index contributed by atoms with van der Waals surface area (Å²) in [6.07, 6.45) is -0.926. The summed E-state index contributed by atoms with van der Waals surface area (Å²) in [6.45, 7) is 3.40. The van der Waals surface area contributed by atoms with Gasteiger partial charge in [-0.3, -0.25) is 9.59 Å². The first-order chi connectivity index (χ1) is 14.3. The third kappa shape index (κ3) is 5.64. The van der Waals surface area contributed by atoms with Crippen LogP contribution >= 0.6 is 11.6 Å². The Morgan fingerprint density at radius 2 is 1.93 bits per heavy atom. The molecule has 0 bridgehead atoms. The fourth-order valence-electron chi connectivity index (χ4n) is 2.51. The van der Waals surface area contributed by atoms with Crippen LogP contribution in [-0.4, -0.2) is 28.2 Å². The number of nitrogens with zero attached hydrogens (tertiary/aromatic N) is 2. The van der Waals surface area contributed by atoms with Crippen LogP contribution in [0.3, 0.4) is 0 Å². The molecule has 3 rings (SSSR count). The molecule has 3 aromatic rings. The molecule has 9 heteroatoms. The fraction of sp³-hybridized carbons (Fsp3) is 0.238. The molecule has 1 aromatic heterocycles. The number of amides is 1. The zero-order valence-electron chi connectivity index (χ0n) is 16.3. The van der Waals surface area contributed by atoms with Crippen molar-refractivity contribution in [1.82, 2.24) is 10.2 Å². The van der Waals surface area contributed by atoms with E-state index in [0.29, 0.717) is 5.89 Å². The standard InChI is InChI=1S/C21H19ClFN3O4/c1-12-3-5-14(6-4-12)21-26-25-18(30-21)9-10-19(27)29-13(2)20(28)24-17-8-7-15(23)11-16(17)22/h3-8,11,13H,9-10H2,1-2H3,(H,24,28). The highest BCUT2D eigenvalue weighted by Crippen LogP contribution is 2.23. The Balaban J connectivity index is 1.49. The van der Waals surface area contributed by atoms with Gasteiger partial charge in [0.2, 0.25) is 11.8 Å². The molecule has 30 heavy (non-hydrogen) atoms. The van der Waals surface area contributed by atoms with Crippen molar-refractivity contribution in [2.24, 2.45) is 0 Å². The number of hydrogen-bond donors (Lipinski definition) is 1. The van der Waals surface area contributed by atoms with Gasteiger partial charge in [0, 0.05) is 12.0 Å². The fourth-order valence-corrected chi connectivity index (χ4v) is 2.73. The molecule has 0 saturated heterocycles. The summed E-state index contributed by atoms with van der Waals surface area (Å²) in [5, 5.41) is 10.4. The van der Waals surface area contributed by atoms with Crippen LogP contribution < -0.4 is 5.32 Å². The second kappa shape index (κ2) is 9.49. The number of hydrogen-bond acceptors (Lipinski definition) is 6. The summed E-state index contributed by atoms with van der Waals surface area (Å²) in [4.78, 5) is 24.2. The number of nitrogens with one attached hydrogen (secondary N) is 1. The molecule has 1 amide bonds. The smallest absolute Gasteiger partial charge is 0.307 e. The van der Waals surface area contributed by atoms with Crippen LogP contribution in [0, 0.1) is 12.7 Å². The maximum Gasteiger partial charge on any atom is 0.307 e. The van der Waals surface area contributed by atoms with Crippen LogP contribution in [0.25, 0.3) is 11.5 Å². The van der Waals surface area contributed by atoms with Crippen molar-refractivity contribution in [2.75, 3.05) is 5.32 Å². The summed E-state index contributed by atoms with van der Waals surface area (Å²) in [6, 6.07) is 11.2. The molecular weight excluding hydrogens is 413 g/mol. The van der Waals surface area contributed by atoms with Gasteiger partial charge in [-0.05, 0) is 44.2 Å². The molecule has 0 aliphatic rings. The SMILES string of the molecule is Cc1ccc(-c2nnc(CCC(=O)OC(C)C(=O)Nc3ccc(F)cc3Cl)o2)cc1. The van der Waals surface area contributed by atoms with Crippen molar-refractivity contribution in [3.63, 3.8) is 0 Å². The molecule has 0 aliphatic carbocycles. The Morgan fingerprint density at radius 3 is 2.63 bits per heavy atom. The predicted molar refractivity (Wildman–Crippen MR) is 108 cm³/mol. The maximum absolute atomic E-state index is 13.1. The van der Waals surface area contributed by atoms with Gasteiger partial charge in [0.05, 0.1) is 17.1 Å². The van der Waals surface area contributed by atoms with Crippen LogP contribution in [0.2, 0.25) is 5.02 Å². The second-order valence-electron chi connectivity index (χ2n) is 6.61. The number of esters is 1. The summed E-state index contributed by atoms with van der Waals surface area (Å²) < 4.78 is 23.7. The number of rotatable bonds is 7.